The second-order valence-electron chi connectivity index (χ2n) is 2.53. The van der Waals surface area contributed by atoms with E-state index in [1.807, 2.05) is 18.2 Å². The number of allylic oxidation sites excluding steroid dienone is 2. The lowest BCUT2D eigenvalue weighted by atomic mass is 10.1. The van der Waals surface area contributed by atoms with E-state index in [4.69, 9.17) is 11.6 Å². The molecular weight excluding hydrogens is 315 g/mol. The second-order valence-corrected chi connectivity index (χ2v) is 4.17. The summed E-state index contributed by atoms with van der Waals surface area (Å²) in [7, 11) is 0. The Bertz CT molecular complexity index is 308. The zero-order valence-corrected chi connectivity index (χ0v) is 10.9. The average molecular weight is 324 g/mol. The first-order chi connectivity index (χ1) is 6.27. The molecule has 0 saturated carbocycles. The molecule has 70 valence electrons. The van der Waals surface area contributed by atoms with Gasteiger partial charge in [0.2, 0.25) is 0 Å². The van der Waals surface area contributed by atoms with Crippen LogP contribution in [0, 0.1) is 0 Å². The van der Waals surface area contributed by atoms with Gasteiger partial charge in [0.15, 0.2) is 0 Å². The molecule has 0 radical (unpaired) electrons. The number of rotatable bonds is 3. The summed E-state index contributed by atoms with van der Waals surface area (Å²) in [6.07, 6.45) is 2.13. The van der Waals surface area contributed by atoms with Gasteiger partial charge >= 0.3 is 0 Å². The first kappa shape index (κ1) is 11.3. The summed E-state index contributed by atoms with van der Waals surface area (Å²) in [6, 6.07) is 7.87. The van der Waals surface area contributed by atoms with E-state index in [9.17, 15) is 0 Å². The molecule has 0 nitrogen and oxygen atoms in total. The summed E-state index contributed by atoms with van der Waals surface area (Å²) >= 11 is 12.7. The van der Waals surface area contributed by atoms with Crippen molar-refractivity contribution in [3.05, 3.63) is 40.9 Å². The quantitative estimate of drug-likeness (QED) is 0.718. The molecule has 0 aliphatic rings. The van der Waals surface area contributed by atoms with E-state index in [1.54, 1.807) is 0 Å². The fourth-order valence-electron chi connectivity index (χ4n) is 1.03. The van der Waals surface area contributed by atoms with Crippen molar-refractivity contribution in [2.45, 2.75) is 0 Å². The molecule has 0 bridgehead atoms. The van der Waals surface area contributed by atoms with Crippen molar-refractivity contribution < 1.29 is 0 Å². The minimum atomic E-state index is 0.777. The van der Waals surface area contributed by atoms with Crippen LogP contribution >= 0.6 is 43.5 Å². The molecule has 0 N–H and O–H groups in total. The number of halogens is 3. The molecule has 0 aromatic heterocycles. The second kappa shape index (κ2) is 5.84. The lowest BCUT2D eigenvalue weighted by molar-refractivity contribution is 1.57. The van der Waals surface area contributed by atoms with Gasteiger partial charge in [-0.1, -0.05) is 61.7 Å². The van der Waals surface area contributed by atoms with Gasteiger partial charge in [-0.05, 0) is 23.3 Å². The van der Waals surface area contributed by atoms with E-state index in [0.717, 1.165) is 15.7 Å². The molecule has 0 aliphatic heterocycles. The Morgan fingerprint density at radius 1 is 1.38 bits per heavy atom. The van der Waals surface area contributed by atoms with Crippen LogP contribution in [0.15, 0.2) is 30.3 Å². The normalized spacial score (nSPS) is 11.8. The third kappa shape index (κ3) is 3.45. The standard InChI is InChI=1S/C10H9Br2Cl/c11-5-4-9(7-12)8-2-1-3-10(13)6-8/h1-4,6H,5,7H2/b9-4+. The Labute approximate surface area is 100 Å². The van der Waals surface area contributed by atoms with Crippen LogP contribution in [0.25, 0.3) is 5.57 Å². The number of hydrogen-bond donors (Lipinski definition) is 0. The van der Waals surface area contributed by atoms with E-state index in [2.05, 4.69) is 44.0 Å². The summed E-state index contributed by atoms with van der Waals surface area (Å²) in [5.41, 5.74) is 2.42. The summed E-state index contributed by atoms with van der Waals surface area (Å²) in [6.45, 7) is 0. The summed E-state index contributed by atoms with van der Waals surface area (Å²) in [4.78, 5) is 0. The maximum absolute atomic E-state index is 5.89. The lowest BCUT2D eigenvalue weighted by Gasteiger charge is -2.03. The van der Waals surface area contributed by atoms with Crippen LogP contribution in [0.2, 0.25) is 5.02 Å². The highest BCUT2D eigenvalue weighted by atomic mass is 79.9. The highest BCUT2D eigenvalue weighted by Gasteiger charge is 1.99. The topological polar surface area (TPSA) is 0 Å². The van der Waals surface area contributed by atoms with Gasteiger partial charge in [-0.2, -0.15) is 0 Å². The third-order valence-electron chi connectivity index (χ3n) is 1.66. The molecule has 0 fully saturated rings. The van der Waals surface area contributed by atoms with E-state index < -0.39 is 0 Å². The van der Waals surface area contributed by atoms with Gasteiger partial charge in [-0.3, -0.25) is 0 Å². The molecule has 0 spiro atoms. The van der Waals surface area contributed by atoms with Gasteiger partial charge in [0.25, 0.3) is 0 Å². The predicted molar refractivity (Wildman–Crippen MR) is 67.0 cm³/mol. The van der Waals surface area contributed by atoms with Crippen molar-refractivity contribution in [2.75, 3.05) is 10.7 Å². The van der Waals surface area contributed by atoms with Gasteiger partial charge in [-0.25, -0.2) is 0 Å². The van der Waals surface area contributed by atoms with Crippen molar-refractivity contribution in [1.82, 2.24) is 0 Å². The Hall–Kier alpha value is 0.210. The molecule has 1 aromatic rings. The SMILES string of the molecule is Clc1cccc(/C(=C/CBr)CBr)c1. The van der Waals surface area contributed by atoms with E-state index in [1.165, 1.54) is 11.1 Å². The Balaban J connectivity index is 2.98. The molecule has 1 aromatic carbocycles. The van der Waals surface area contributed by atoms with Crippen molar-refractivity contribution in [3.8, 4) is 0 Å². The number of hydrogen-bond acceptors (Lipinski definition) is 0. The summed E-state index contributed by atoms with van der Waals surface area (Å²) in [5.74, 6) is 0. The molecule has 0 atom stereocenters. The minimum absolute atomic E-state index is 0.777. The van der Waals surface area contributed by atoms with Crippen LogP contribution in [-0.4, -0.2) is 10.7 Å². The molecule has 0 saturated heterocycles. The minimum Gasteiger partial charge on any atom is -0.0883 e. The highest BCUT2D eigenvalue weighted by Crippen LogP contribution is 2.20. The molecule has 13 heavy (non-hydrogen) atoms. The third-order valence-corrected chi connectivity index (χ3v) is 2.83. The Morgan fingerprint density at radius 3 is 2.69 bits per heavy atom. The molecule has 3 heteroatoms. The fourth-order valence-corrected chi connectivity index (χ4v) is 2.16. The molecule has 0 aliphatic carbocycles. The lowest BCUT2D eigenvalue weighted by Crippen LogP contribution is -1.85. The van der Waals surface area contributed by atoms with Crippen LogP contribution in [0.1, 0.15) is 5.56 Å². The van der Waals surface area contributed by atoms with Crippen molar-refractivity contribution in [3.63, 3.8) is 0 Å². The maximum Gasteiger partial charge on any atom is 0.0412 e. The van der Waals surface area contributed by atoms with E-state index in [0.29, 0.717) is 0 Å². The largest absolute Gasteiger partial charge is 0.0883 e. The van der Waals surface area contributed by atoms with Crippen molar-refractivity contribution >= 4 is 49.0 Å². The van der Waals surface area contributed by atoms with Crippen LogP contribution in [0.3, 0.4) is 0 Å². The molecule has 0 heterocycles. The van der Waals surface area contributed by atoms with Gasteiger partial charge in [0.1, 0.15) is 0 Å². The van der Waals surface area contributed by atoms with Crippen LogP contribution in [0.4, 0.5) is 0 Å². The average Bonchev–Trinajstić information content (AvgIpc) is 2.14. The summed E-state index contributed by atoms with van der Waals surface area (Å²) in [5, 5.41) is 2.48. The molecule has 0 amide bonds. The van der Waals surface area contributed by atoms with Gasteiger partial charge in [0, 0.05) is 15.7 Å². The van der Waals surface area contributed by atoms with E-state index >= 15 is 0 Å². The molecule has 1 rings (SSSR count). The number of benzene rings is 1. The number of alkyl halides is 2. The maximum atomic E-state index is 5.89. The monoisotopic (exact) mass is 322 g/mol. The summed E-state index contributed by atoms with van der Waals surface area (Å²) < 4.78 is 0. The van der Waals surface area contributed by atoms with E-state index in [-0.39, 0.29) is 0 Å². The molecular formula is C10H9Br2Cl. The van der Waals surface area contributed by atoms with Gasteiger partial charge < -0.3 is 0 Å². The first-order valence-electron chi connectivity index (χ1n) is 3.85. The van der Waals surface area contributed by atoms with Crippen molar-refractivity contribution in [2.24, 2.45) is 0 Å². The van der Waals surface area contributed by atoms with Crippen molar-refractivity contribution in [1.29, 1.82) is 0 Å². The smallest absolute Gasteiger partial charge is 0.0412 e. The van der Waals surface area contributed by atoms with Crippen LogP contribution < -0.4 is 0 Å². The predicted octanol–water partition coefficient (Wildman–Crippen LogP) is 4.51. The van der Waals surface area contributed by atoms with Gasteiger partial charge in [-0.15, -0.1) is 0 Å². The zero-order chi connectivity index (χ0) is 9.68. The Morgan fingerprint density at radius 2 is 2.15 bits per heavy atom. The highest BCUT2D eigenvalue weighted by molar-refractivity contribution is 9.09. The zero-order valence-electron chi connectivity index (χ0n) is 6.93. The molecule has 0 unspecified atom stereocenters. The first-order valence-corrected chi connectivity index (χ1v) is 6.47. The Kier molecular flexibility index (Phi) is 5.07. The van der Waals surface area contributed by atoms with Gasteiger partial charge in [0.05, 0.1) is 0 Å². The van der Waals surface area contributed by atoms with Crippen LogP contribution in [-0.2, 0) is 0 Å². The van der Waals surface area contributed by atoms with Crippen LogP contribution in [0.5, 0.6) is 0 Å². The fraction of sp³-hybridized carbons (Fsp3) is 0.200.